The molecular weight excluding hydrogens is 127 g/mol. The second-order valence-corrected chi connectivity index (χ2v) is 2.43. The van der Waals surface area contributed by atoms with E-state index < -0.39 is 0 Å². The van der Waals surface area contributed by atoms with Gasteiger partial charge < -0.3 is 10.2 Å². The highest BCUT2D eigenvalue weighted by Gasteiger charge is 1.99. The van der Waals surface area contributed by atoms with Gasteiger partial charge in [0.1, 0.15) is 19.3 Å². The van der Waals surface area contributed by atoms with Crippen LogP contribution in [0.3, 0.4) is 0 Å². The molecule has 3 heteroatoms. The minimum atomic E-state index is 0.232. The lowest BCUT2D eigenvalue weighted by atomic mass is 9.93. The maximum atomic E-state index is 9.11. The summed E-state index contributed by atoms with van der Waals surface area (Å²) in [4.78, 5) is 0. The smallest absolute Gasteiger partial charge is 0.144 e. The molecule has 0 unspecified atom stereocenters. The zero-order chi connectivity index (χ0) is 7.72. The Morgan fingerprint density at radius 1 is 1.20 bits per heavy atom. The summed E-state index contributed by atoms with van der Waals surface area (Å²) in [7, 11) is 1.74. The number of phenols is 2. The van der Waals surface area contributed by atoms with E-state index in [9.17, 15) is 0 Å². The van der Waals surface area contributed by atoms with Gasteiger partial charge in [-0.2, -0.15) is 0 Å². The van der Waals surface area contributed by atoms with Crippen molar-refractivity contribution in [2.24, 2.45) is 0 Å². The Bertz CT molecular complexity index is 208. The number of benzene rings is 1. The fourth-order valence-electron chi connectivity index (χ4n) is 0.786. The molecule has 0 saturated carbocycles. The maximum Gasteiger partial charge on any atom is 0.144 e. The molecular formula is C7H9BO2. The third-order valence-electron chi connectivity index (χ3n) is 1.51. The van der Waals surface area contributed by atoms with Gasteiger partial charge in [0.05, 0.1) is 0 Å². The summed E-state index contributed by atoms with van der Waals surface area (Å²) in [6, 6.07) is 3.09. The molecule has 0 heterocycles. The summed E-state index contributed by atoms with van der Waals surface area (Å²) >= 11 is 0. The van der Waals surface area contributed by atoms with Gasteiger partial charge in [0.15, 0.2) is 0 Å². The van der Waals surface area contributed by atoms with Gasteiger partial charge in [-0.05, 0) is 30.1 Å². The number of aromatic hydroxyl groups is 2. The molecule has 2 N–H and O–H groups in total. The van der Waals surface area contributed by atoms with Gasteiger partial charge in [-0.3, -0.25) is 0 Å². The van der Waals surface area contributed by atoms with E-state index in [4.69, 9.17) is 10.2 Å². The first-order chi connectivity index (χ1) is 4.61. The van der Waals surface area contributed by atoms with Crippen molar-refractivity contribution in [3.63, 3.8) is 0 Å². The van der Waals surface area contributed by atoms with Crippen LogP contribution < -0.4 is 5.46 Å². The van der Waals surface area contributed by atoms with E-state index in [-0.39, 0.29) is 11.5 Å². The van der Waals surface area contributed by atoms with Crippen LogP contribution >= 0.6 is 0 Å². The largest absolute Gasteiger partial charge is 0.509 e. The Kier molecular flexibility index (Phi) is 1.58. The average Bonchev–Trinajstić information content (AvgIpc) is 1.84. The Labute approximate surface area is 60.5 Å². The second kappa shape index (κ2) is 2.25. The van der Waals surface area contributed by atoms with Crippen molar-refractivity contribution < 1.29 is 10.2 Å². The maximum absolute atomic E-state index is 9.11. The first kappa shape index (κ1) is 7.00. The normalized spacial score (nSPS) is 9.70. The molecule has 0 saturated heterocycles. The van der Waals surface area contributed by atoms with Gasteiger partial charge in [-0.1, -0.05) is 0 Å². The number of rotatable bonds is 0. The summed E-state index contributed by atoms with van der Waals surface area (Å²) < 4.78 is 0. The molecule has 0 atom stereocenters. The standard InChI is InChI=1S/C7H9BO2/c1-4-2-7(10)5(8)3-6(4)9/h2-3,9-10H,8H2,1H3. The molecule has 10 heavy (non-hydrogen) atoms. The molecule has 0 aromatic heterocycles. The molecule has 0 aliphatic carbocycles. The van der Waals surface area contributed by atoms with Crippen LogP contribution in [0.1, 0.15) is 5.56 Å². The summed E-state index contributed by atoms with van der Waals surface area (Å²) in [5, 5.41) is 18.2. The van der Waals surface area contributed by atoms with Crippen molar-refractivity contribution >= 4 is 13.3 Å². The van der Waals surface area contributed by atoms with Crippen molar-refractivity contribution in [3.8, 4) is 11.5 Å². The lowest BCUT2D eigenvalue weighted by Crippen LogP contribution is -2.01. The van der Waals surface area contributed by atoms with Gasteiger partial charge in [0.25, 0.3) is 0 Å². The van der Waals surface area contributed by atoms with Crippen LogP contribution in [0.25, 0.3) is 0 Å². The number of phenolic OH excluding ortho intramolecular Hbond substituents is 2. The molecule has 1 aromatic carbocycles. The van der Waals surface area contributed by atoms with Gasteiger partial charge in [0.2, 0.25) is 0 Å². The molecule has 0 aliphatic rings. The predicted octanol–water partition coefficient (Wildman–Crippen LogP) is -0.335. The van der Waals surface area contributed by atoms with E-state index in [2.05, 4.69) is 0 Å². The van der Waals surface area contributed by atoms with Crippen molar-refractivity contribution in [2.45, 2.75) is 6.92 Å². The molecule has 2 nitrogen and oxygen atoms in total. The van der Waals surface area contributed by atoms with Crippen LogP contribution in [0.2, 0.25) is 0 Å². The van der Waals surface area contributed by atoms with E-state index in [1.165, 1.54) is 0 Å². The molecule has 52 valence electrons. The quantitative estimate of drug-likeness (QED) is 0.378. The van der Waals surface area contributed by atoms with E-state index in [1.807, 2.05) is 0 Å². The molecule has 0 fully saturated rings. The predicted molar refractivity (Wildman–Crippen MR) is 42.7 cm³/mol. The second-order valence-electron chi connectivity index (χ2n) is 2.43. The summed E-state index contributed by atoms with van der Waals surface area (Å²) in [5.41, 5.74) is 1.39. The molecule has 0 aliphatic heterocycles. The Morgan fingerprint density at radius 2 is 1.80 bits per heavy atom. The average molecular weight is 136 g/mol. The number of aryl methyl sites for hydroxylation is 1. The van der Waals surface area contributed by atoms with Gasteiger partial charge in [-0.25, -0.2) is 0 Å². The van der Waals surface area contributed by atoms with Crippen LogP contribution in [0.4, 0.5) is 0 Å². The zero-order valence-electron chi connectivity index (χ0n) is 6.05. The Morgan fingerprint density at radius 3 is 2.30 bits per heavy atom. The van der Waals surface area contributed by atoms with Crippen molar-refractivity contribution in [2.75, 3.05) is 0 Å². The molecule has 0 spiro atoms. The Balaban J connectivity index is 3.28. The number of hydrogen-bond acceptors (Lipinski definition) is 2. The topological polar surface area (TPSA) is 40.5 Å². The SMILES string of the molecule is Bc1cc(O)c(C)cc1O. The van der Waals surface area contributed by atoms with E-state index in [0.717, 1.165) is 0 Å². The monoisotopic (exact) mass is 136 g/mol. The highest BCUT2D eigenvalue weighted by molar-refractivity contribution is 6.34. The minimum Gasteiger partial charge on any atom is -0.509 e. The third kappa shape index (κ3) is 1.08. The first-order valence-corrected chi connectivity index (χ1v) is 3.10. The summed E-state index contributed by atoms with van der Waals surface area (Å²) in [6.45, 7) is 1.74. The van der Waals surface area contributed by atoms with E-state index in [1.54, 1.807) is 26.9 Å². The lowest BCUT2D eigenvalue weighted by Gasteiger charge is -2.01. The summed E-state index contributed by atoms with van der Waals surface area (Å²) in [5.74, 6) is 0.464. The third-order valence-corrected chi connectivity index (χ3v) is 1.51. The summed E-state index contributed by atoms with van der Waals surface area (Å²) in [6.07, 6.45) is 0. The fourth-order valence-corrected chi connectivity index (χ4v) is 0.786. The van der Waals surface area contributed by atoms with Crippen LogP contribution in [-0.4, -0.2) is 18.1 Å². The van der Waals surface area contributed by atoms with E-state index >= 15 is 0 Å². The van der Waals surface area contributed by atoms with Gasteiger partial charge in [-0.15, -0.1) is 0 Å². The van der Waals surface area contributed by atoms with E-state index in [0.29, 0.717) is 11.0 Å². The fraction of sp³-hybridized carbons (Fsp3) is 0.143. The van der Waals surface area contributed by atoms with Gasteiger partial charge >= 0.3 is 0 Å². The molecule has 0 radical (unpaired) electrons. The van der Waals surface area contributed by atoms with Crippen molar-refractivity contribution in [3.05, 3.63) is 17.7 Å². The Hall–Kier alpha value is -1.12. The van der Waals surface area contributed by atoms with Gasteiger partial charge in [0, 0.05) is 0 Å². The molecule has 0 amide bonds. The first-order valence-electron chi connectivity index (χ1n) is 3.10. The lowest BCUT2D eigenvalue weighted by molar-refractivity contribution is 0.460. The van der Waals surface area contributed by atoms with Crippen molar-refractivity contribution in [1.82, 2.24) is 0 Å². The number of hydrogen-bond donors (Lipinski definition) is 2. The zero-order valence-corrected chi connectivity index (χ0v) is 6.05. The van der Waals surface area contributed by atoms with Crippen LogP contribution in [0.15, 0.2) is 12.1 Å². The molecule has 0 bridgehead atoms. The highest BCUT2D eigenvalue weighted by atomic mass is 16.3. The molecule has 1 aromatic rings. The molecule has 1 rings (SSSR count). The highest BCUT2D eigenvalue weighted by Crippen LogP contribution is 2.17. The van der Waals surface area contributed by atoms with Crippen LogP contribution in [0.5, 0.6) is 11.5 Å². The van der Waals surface area contributed by atoms with Crippen molar-refractivity contribution in [1.29, 1.82) is 0 Å². The minimum absolute atomic E-state index is 0.232. The van der Waals surface area contributed by atoms with Crippen LogP contribution in [-0.2, 0) is 0 Å². The van der Waals surface area contributed by atoms with Crippen LogP contribution in [0, 0.1) is 6.92 Å².